The van der Waals surface area contributed by atoms with E-state index in [1.807, 2.05) is 24.3 Å². The molecule has 0 saturated heterocycles. The van der Waals surface area contributed by atoms with Crippen molar-refractivity contribution >= 4 is 36.4 Å². The second-order valence-electron chi connectivity index (χ2n) is 7.35. The third-order valence-electron chi connectivity index (χ3n) is 4.50. The molecule has 0 amide bonds. The van der Waals surface area contributed by atoms with E-state index in [0.29, 0.717) is 16.3 Å². The molecule has 1 atom stereocenters. The Balaban J connectivity index is 1.82. The summed E-state index contributed by atoms with van der Waals surface area (Å²) in [6.45, 7) is 5.13. The number of anilines is 1. The van der Waals surface area contributed by atoms with Crippen LogP contribution >= 0.6 is 30.6 Å². The second-order valence-corrected chi connectivity index (χ2v) is 10.9. The van der Waals surface area contributed by atoms with Crippen LogP contribution in [0.1, 0.15) is 24.2 Å². The van der Waals surface area contributed by atoms with Crippen molar-refractivity contribution in [2.45, 2.75) is 19.6 Å². The second kappa shape index (κ2) is 9.58. The molecule has 0 aliphatic rings. The SMILES string of the molecule is CC(Oc1cc(-c2ccc(COP(C)(C)=O)cc2)cnc1N)c1c(Cl)ccc(F)c1Cl. The van der Waals surface area contributed by atoms with E-state index in [-0.39, 0.29) is 17.4 Å². The number of hydrogen-bond acceptors (Lipinski definition) is 5. The van der Waals surface area contributed by atoms with E-state index in [9.17, 15) is 8.96 Å². The van der Waals surface area contributed by atoms with E-state index < -0.39 is 19.3 Å². The highest BCUT2D eigenvalue weighted by Gasteiger charge is 2.20. The molecule has 0 saturated carbocycles. The first-order valence-corrected chi connectivity index (χ1v) is 12.7. The Bertz CT molecular complexity index is 1140. The van der Waals surface area contributed by atoms with Crippen LogP contribution in [0, 0.1) is 5.82 Å². The fraction of sp³-hybridized carbons (Fsp3) is 0.227. The molecule has 1 aromatic heterocycles. The van der Waals surface area contributed by atoms with Crippen LogP contribution in [0.15, 0.2) is 48.7 Å². The predicted molar refractivity (Wildman–Crippen MR) is 124 cm³/mol. The Kier molecular flexibility index (Phi) is 7.28. The Labute approximate surface area is 190 Å². The van der Waals surface area contributed by atoms with Gasteiger partial charge in [-0.1, -0.05) is 47.5 Å². The van der Waals surface area contributed by atoms with Crippen LogP contribution in [0.5, 0.6) is 5.75 Å². The van der Waals surface area contributed by atoms with Gasteiger partial charge in [-0.3, -0.25) is 4.57 Å². The molecule has 1 heterocycles. The van der Waals surface area contributed by atoms with Gasteiger partial charge in [0.1, 0.15) is 11.9 Å². The number of ether oxygens (including phenoxy) is 1. The maximum atomic E-state index is 13.9. The topological polar surface area (TPSA) is 74.4 Å². The number of rotatable bonds is 7. The Morgan fingerprint density at radius 3 is 2.45 bits per heavy atom. The first kappa shape index (κ1) is 23.6. The summed E-state index contributed by atoms with van der Waals surface area (Å²) in [5.41, 5.74) is 8.88. The molecule has 31 heavy (non-hydrogen) atoms. The quantitative estimate of drug-likeness (QED) is 0.290. The number of nitrogen functional groups attached to an aromatic ring is 1. The van der Waals surface area contributed by atoms with Crippen molar-refractivity contribution in [3.63, 3.8) is 0 Å². The Hall–Kier alpha value is -2.11. The van der Waals surface area contributed by atoms with Crippen LogP contribution in [0.4, 0.5) is 10.2 Å². The fourth-order valence-electron chi connectivity index (χ4n) is 2.90. The van der Waals surface area contributed by atoms with E-state index in [1.54, 1.807) is 32.5 Å². The molecule has 3 aromatic rings. The van der Waals surface area contributed by atoms with Crippen LogP contribution in [0.2, 0.25) is 10.0 Å². The van der Waals surface area contributed by atoms with Crippen molar-refractivity contribution in [1.29, 1.82) is 0 Å². The van der Waals surface area contributed by atoms with Gasteiger partial charge in [0.05, 0.1) is 11.6 Å². The van der Waals surface area contributed by atoms with Crippen LogP contribution < -0.4 is 10.5 Å². The number of aromatic nitrogens is 1. The van der Waals surface area contributed by atoms with Gasteiger partial charge in [-0.2, -0.15) is 0 Å². The van der Waals surface area contributed by atoms with Crippen molar-refractivity contribution in [2.75, 3.05) is 19.1 Å². The zero-order valence-corrected chi connectivity index (χ0v) is 19.6. The number of nitrogens with zero attached hydrogens (tertiary/aromatic N) is 1. The van der Waals surface area contributed by atoms with Crippen molar-refractivity contribution in [3.05, 3.63) is 75.7 Å². The average Bonchev–Trinajstić information content (AvgIpc) is 2.71. The lowest BCUT2D eigenvalue weighted by molar-refractivity contribution is 0.227. The van der Waals surface area contributed by atoms with E-state index in [4.69, 9.17) is 38.2 Å². The maximum absolute atomic E-state index is 13.9. The number of benzene rings is 2. The van der Waals surface area contributed by atoms with Gasteiger partial charge in [-0.15, -0.1) is 0 Å². The maximum Gasteiger partial charge on any atom is 0.197 e. The zero-order chi connectivity index (χ0) is 22.8. The molecule has 2 aromatic carbocycles. The van der Waals surface area contributed by atoms with Crippen LogP contribution in [0.3, 0.4) is 0 Å². The van der Waals surface area contributed by atoms with Crippen LogP contribution in [-0.4, -0.2) is 18.3 Å². The van der Waals surface area contributed by atoms with Gasteiger partial charge < -0.3 is 15.0 Å². The molecule has 0 fully saturated rings. The lowest BCUT2D eigenvalue weighted by atomic mass is 10.1. The molecule has 9 heteroatoms. The van der Waals surface area contributed by atoms with Gasteiger partial charge >= 0.3 is 0 Å². The summed E-state index contributed by atoms with van der Waals surface area (Å²) in [7, 11) is -2.55. The first-order chi connectivity index (χ1) is 14.5. The lowest BCUT2D eigenvalue weighted by Gasteiger charge is -2.19. The smallest absolute Gasteiger partial charge is 0.197 e. The number of nitrogens with two attached hydrogens (primary N) is 1. The molecule has 1 unspecified atom stereocenters. The van der Waals surface area contributed by atoms with E-state index in [1.165, 1.54) is 12.1 Å². The molecule has 164 valence electrons. The van der Waals surface area contributed by atoms with Gasteiger partial charge in [-0.05, 0) is 36.2 Å². The first-order valence-electron chi connectivity index (χ1n) is 9.39. The molecule has 2 N–H and O–H groups in total. The Morgan fingerprint density at radius 1 is 1.13 bits per heavy atom. The van der Waals surface area contributed by atoms with Crippen LogP contribution in [0.25, 0.3) is 11.1 Å². The third kappa shape index (κ3) is 5.98. The summed E-state index contributed by atoms with van der Waals surface area (Å²) >= 11 is 12.3. The predicted octanol–water partition coefficient (Wildman–Crippen LogP) is 6.97. The normalized spacial score (nSPS) is 12.6. The summed E-state index contributed by atoms with van der Waals surface area (Å²) in [6.07, 6.45) is 0.973. The van der Waals surface area contributed by atoms with Gasteiger partial charge in [-0.25, -0.2) is 9.37 Å². The molecule has 5 nitrogen and oxygen atoms in total. The standard InChI is InChI=1S/C22H22Cl2FN2O3P/c1-13(20-17(23)8-9-18(25)21(20)24)30-19-10-16(11-27-22(19)26)15-6-4-14(5-7-15)12-29-31(2,3)28/h4-11,13H,12H2,1-3H3,(H2,26,27). The molecule has 3 rings (SSSR count). The number of pyridine rings is 1. The average molecular weight is 483 g/mol. The molecule has 0 spiro atoms. The fourth-order valence-corrected chi connectivity index (χ4v) is 4.03. The minimum Gasteiger partial charge on any atom is -0.482 e. The minimum absolute atomic E-state index is 0.0933. The molecule has 0 aliphatic heterocycles. The molecule has 0 aliphatic carbocycles. The van der Waals surface area contributed by atoms with E-state index in [0.717, 1.165) is 16.7 Å². The van der Waals surface area contributed by atoms with Crippen LogP contribution in [-0.2, 0) is 15.7 Å². The third-order valence-corrected chi connectivity index (χ3v) is 5.97. The highest BCUT2D eigenvalue weighted by Crippen LogP contribution is 2.39. The van der Waals surface area contributed by atoms with Crippen molar-refractivity contribution in [1.82, 2.24) is 4.98 Å². The highest BCUT2D eigenvalue weighted by molar-refractivity contribution is 7.57. The summed E-state index contributed by atoms with van der Waals surface area (Å²) in [4.78, 5) is 4.21. The van der Waals surface area contributed by atoms with E-state index in [2.05, 4.69) is 4.98 Å². The highest BCUT2D eigenvalue weighted by atomic mass is 35.5. The lowest BCUT2D eigenvalue weighted by Crippen LogP contribution is -2.08. The number of hydrogen-bond donors (Lipinski definition) is 1. The van der Waals surface area contributed by atoms with Gasteiger partial charge in [0.2, 0.25) is 0 Å². The van der Waals surface area contributed by atoms with Gasteiger partial charge in [0.25, 0.3) is 0 Å². The minimum atomic E-state index is -2.55. The summed E-state index contributed by atoms with van der Waals surface area (Å²) in [5.74, 6) is -0.0689. The summed E-state index contributed by atoms with van der Waals surface area (Å²) < 4.78 is 36.9. The van der Waals surface area contributed by atoms with Crippen molar-refractivity contribution in [3.8, 4) is 16.9 Å². The van der Waals surface area contributed by atoms with Crippen molar-refractivity contribution < 1.29 is 18.2 Å². The molecule has 0 bridgehead atoms. The largest absolute Gasteiger partial charge is 0.482 e. The summed E-state index contributed by atoms with van der Waals surface area (Å²) in [5, 5.41) is 0.201. The molecular formula is C22H22Cl2FN2O3P. The molecule has 0 radical (unpaired) electrons. The van der Waals surface area contributed by atoms with Gasteiger partial charge in [0.15, 0.2) is 18.9 Å². The van der Waals surface area contributed by atoms with Crippen molar-refractivity contribution in [2.24, 2.45) is 0 Å². The molecular weight excluding hydrogens is 461 g/mol. The van der Waals surface area contributed by atoms with Gasteiger partial charge in [0, 0.05) is 35.7 Å². The number of halogens is 3. The summed E-state index contributed by atoms with van der Waals surface area (Å²) in [6, 6.07) is 11.9. The zero-order valence-electron chi connectivity index (χ0n) is 17.2. The monoisotopic (exact) mass is 482 g/mol. The Morgan fingerprint density at radius 2 is 1.81 bits per heavy atom. The van der Waals surface area contributed by atoms with E-state index >= 15 is 0 Å².